The minimum atomic E-state index is -0.917. The Morgan fingerprint density at radius 1 is 1.26 bits per heavy atom. The summed E-state index contributed by atoms with van der Waals surface area (Å²) in [6, 6.07) is 2.94. The fourth-order valence-electron chi connectivity index (χ4n) is 1.71. The van der Waals surface area contributed by atoms with Gasteiger partial charge in [0.2, 0.25) is 0 Å². The maximum absolute atomic E-state index is 12.0. The van der Waals surface area contributed by atoms with E-state index in [-0.39, 0.29) is 17.9 Å². The molecule has 0 atom stereocenters. The molecule has 0 amide bonds. The standard InChI is InChI=1S/C13H13ClO5/c1-2-17-13(16)10(15)8-4-5-9(14)12-11(8)18-6-3-7-19-12/h4-5H,2-3,6-7H2,1H3. The normalized spacial score (nSPS) is 13.6. The van der Waals surface area contributed by atoms with Crippen LogP contribution >= 0.6 is 11.6 Å². The van der Waals surface area contributed by atoms with Crippen molar-refractivity contribution in [2.45, 2.75) is 13.3 Å². The fraction of sp³-hybridized carbons (Fsp3) is 0.385. The minimum absolute atomic E-state index is 0.111. The Bertz CT molecular complexity index is 512. The van der Waals surface area contributed by atoms with Crippen molar-refractivity contribution in [3.05, 3.63) is 22.7 Å². The second-order valence-electron chi connectivity index (χ2n) is 3.85. The number of carbonyl (C=O) groups is 2. The first-order valence-electron chi connectivity index (χ1n) is 5.94. The van der Waals surface area contributed by atoms with Gasteiger partial charge in [0, 0.05) is 6.42 Å². The highest BCUT2D eigenvalue weighted by atomic mass is 35.5. The van der Waals surface area contributed by atoms with Crippen LogP contribution in [0, 0.1) is 0 Å². The number of carbonyl (C=O) groups excluding carboxylic acids is 2. The lowest BCUT2D eigenvalue weighted by molar-refractivity contribution is -0.137. The van der Waals surface area contributed by atoms with Gasteiger partial charge in [-0.25, -0.2) is 4.79 Å². The third kappa shape index (κ3) is 2.81. The summed E-state index contributed by atoms with van der Waals surface area (Å²) in [7, 11) is 0. The van der Waals surface area contributed by atoms with Crippen LogP contribution in [0.1, 0.15) is 23.7 Å². The highest BCUT2D eigenvalue weighted by molar-refractivity contribution is 6.42. The highest BCUT2D eigenvalue weighted by Gasteiger charge is 2.27. The Kier molecular flexibility index (Phi) is 4.27. The first-order valence-corrected chi connectivity index (χ1v) is 6.32. The predicted octanol–water partition coefficient (Wildman–Crippen LogP) is 2.25. The van der Waals surface area contributed by atoms with E-state index in [0.717, 1.165) is 0 Å². The largest absolute Gasteiger partial charge is 0.489 e. The van der Waals surface area contributed by atoms with Gasteiger partial charge in [-0.1, -0.05) is 11.6 Å². The van der Waals surface area contributed by atoms with E-state index >= 15 is 0 Å². The molecule has 0 unspecified atom stereocenters. The third-order valence-corrected chi connectivity index (χ3v) is 2.85. The van der Waals surface area contributed by atoms with Crippen molar-refractivity contribution in [1.82, 2.24) is 0 Å². The van der Waals surface area contributed by atoms with E-state index in [1.807, 2.05) is 0 Å². The van der Waals surface area contributed by atoms with E-state index in [1.54, 1.807) is 6.92 Å². The summed E-state index contributed by atoms with van der Waals surface area (Å²) in [5, 5.41) is 0.345. The quantitative estimate of drug-likeness (QED) is 0.484. The lowest BCUT2D eigenvalue weighted by Gasteiger charge is -2.12. The van der Waals surface area contributed by atoms with Gasteiger partial charge in [0.25, 0.3) is 5.78 Å². The Morgan fingerprint density at radius 3 is 2.63 bits per heavy atom. The van der Waals surface area contributed by atoms with Crippen LogP contribution in [-0.4, -0.2) is 31.6 Å². The average molecular weight is 285 g/mol. The van der Waals surface area contributed by atoms with Crippen LogP contribution in [0.3, 0.4) is 0 Å². The van der Waals surface area contributed by atoms with Crippen LogP contribution in [0.4, 0.5) is 0 Å². The SMILES string of the molecule is CCOC(=O)C(=O)c1ccc(Cl)c2c1OCCCO2. The molecule has 1 aromatic rings. The lowest BCUT2D eigenvalue weighted by atomic mass is 10.1. The number of esters is 1. The molecule has 1 aromatic carbocycles. The Morgan fingerprint density at radius 2 is 1.95 bits per heavy atom. The first-order chi connectivity index (χ1) is 9.15. The van der Waals surface area contributed by atoms with E-state index in [1.165, 1.54) is 12.1 Å². The predicted molar refractivity (Wildman–Crippen MR) is 68.0 cm³/mol. The van der Waals surface area contributed by atoms with Crippen LogP contribution in [0.15, 0.2) is 12.1 Å². The lowest BCUT2D eigenvalue weighted by Crippen LogP contribution is -2.18. The molecule has 0 radical (unpaired) electrons. The van der Waals surface area contributed by atoms with Gasteiger partial charge in [0.1, 0.15) is 0 Å². The summed E-state index contributed by atoms with van der Waals surface area (Å²) in [5.41, 5.74) is 0.111. The van der Waals surface area contributed by atoms with Crippen molar-refractivity contribution >= 4 is 23.4 Å². The van der Waals surface area contributed by atoms with Crippen LogP contribution < -0.4 is 9.47 Å². The van der Waals surface area contributed by atoms with E-state index in [0.29, 0.717) is 30.4 Å². The van der Waals surface area contributed by atoms with E-state index in [4.69, 9.17) is 25.8 Å². The molecule has 5 nitrogen and oxygen atoms in total. The molecule has 0 bridgehead atoms. The van der Waals surface area contributed by atoms with E-state index in [2.05, 4.69) is 0 Å². The van der Waals surface area contributed by atoms with Gasteiger partial charge in [0.15, 0.2) is 11.5 Å². The summed E-state index contributed by atoms with van der Waals surface area (Å²) < 4.78 is 15.6. The topological polar surface area (TPSA) is 61.8 Å². The van der Waals surface area contributed by atoms with E-state index in [9.17, 15) is 9.59 Å². The summed E-state index contributed by atoms with van der Waals surface area (Å²) in [5.74, 6) is -1.17. The molecule has 1 aliphatic heterocycles. The first kappa shape index (κ1) is 13.7. The summed E-state index contributed by atoms with van der Waals surface area (Å²) in [6.07, 6.45) is 0.679. The molecule has 0 saturated carbocycles. The summed E-state index contributed by atoms with van der Waals surface area (Å²) >= 11 is 6.00. The number of hydrogen-bond acceptors (Lipinski definition) is 5. The number of benzene rings is 1. The molecule has 19 heavy (non-hydrogen) atoms. The van der Waals surface area contributed by atoms with Crippen LogP contribution in [0.5, 0.6) is 11.5 Å². The Hall–Kier alpha value is -1.75. The summed E-state index contributed by atoms with van der Waals surface area (Å²) in [4.78, 5) is 23.5. The van der Waals surface area contributed by atoms with Gasteiger partial charge in [0.05, 0.1) is 30.4 Å². The molecule has 1 heterocycles. The number of Topliss-reactive ketones (excluding diaryl/α,β-unsaturated/α-hetero) is 1. The van der Waals surface area contributed by atoms with Crippen molar-refractivity contribution < 1.29 is 23.8 Å². The average Bonchev–Trinajstić information content (AvgIpc) is 2.65. The fourth-order valence-corrected chi connectivity index (χ4v) is 1.91. The zero-order valence-corrected chi connectivity index (χ0v) is 11.2. The van der Waals surface area contributed by atoms with Crippen molar-refractivity contribution in [3.8, 4) is 11.5 Å². The van der Waals surface area contributed by atoms with Gasteiger partial charge in [-0.15, -0.1) is 0 Å². The number of ether oxygens (including phenoxy) is 3. The number of fused-ring (bicyclic) bond motifs is 1. The van der Waals surface area contributed by atoms with Gasteiger partial charge < -0.3 is 14.2 Å². The molecular formula is C13H13ClO5. The molecule has 0 aliphatic carbocycles. The molecular weight excluding hydrogens is 272 g/mol. The monoisotopic (exact) mass is 284 g/mol. The maximum Gasteiger partial charge on any atom is 0.379 e. The van der Waals surface area contributed by atoms with Crippen molar-refractivity contribution in [2.24, 2.45) is 0 Å². The Labute approximate surface area is 115 Å². The number of rotatable bonds is 3. The second-order valence-corrected chi connectivity index (χ2v) is 4.26. The molecule has 102 valence electrons. The molecule has 0 spiro atoms. The number of ketones is 1. The molecule has 0 saturated heterocycles. The van der Waals surface area contributed by atoms with Gasteiger partial charge >= 0.3 is 5.97 Å². The smallest absolute Gasteiger partial charge is 0.379 e. The number of hydrogen-bond donors (Lipinski definition) is 0. The van der Waals surface area contributed by atoms with Gasteiger partial charge in [-0.3, -0.25) is 4.79 Å². The minimum Gasteiger partial charge on any atom is -0.489 e. The van der Waals surface area contributed by atoms with Gasteiger partial charge in [-0.2, -0.15) is 0 Å². The van der Waals surface area contributed by atoms with Crippen LogP contribution in [0.25, 0.3) is 0 Å². The molecule has 2 rings (SSSR count). The van der Waals surface area contributed by atoms with Gasteiger partial charge in [-0.05, 0) is 19.1 Å². The zero-order valence-electron chi connectivity index (χ0n) is 10.4. The molecule has 0 fully saturated rings. The highest BCUT2D eigenvalue weighted by Crippen LogP contribution is 2.39. The van der Waals surface area contributed by atoms with Crippen molar-refractivity contribution in [2.75, 3.05) is 19.8 Å². The molecule has 0 N–H and O–H groups in total. The molecule has 1 aliphatic rings. The van der Waals surface area contributed by atoms with Crippen LogP contribution in [-0.2, 0) is 9.53 Å². The number of halogens is 1. The zero-order chi connectivity index (χ0) is 13.8. The van der Waals surface area contributed by atoms with Crippen LogP contribution in [0.2, 0.25) is 5.02 Å². The van der Waals surface area contributed by atoms with Crippen molar-refractivity contribution in [1.29, 1.82) is 0 Å². The third-order valence-electron chi connectivity index (χ3n) is 2.55. The maximum atomic E-state index is 12.0. The second kappa shape index (κ2) is 5.93. The molecule has 6 heteroatoms. The van der Waals surface area contributed by atoms with Crippen molar-refractivity contribution in [3.63, 3.8) is 0 Å². The summed E-state index contributed by atoms with van der Waals surface area (Å²) in [6.45, 7) is 2.62. The van der Waals surface area contributed by atoms with E-state index < -0.39 is 11.8 Å². The molecule has 0 aromatic heterocycles. The Balaban J connectivity index is 2.41.